The number of para-hydroxylation sites is 1. The largest absolute Gasteiger partial charge is 0.496 e. The molecule has 0 fully saturated rings. The Kier molecular flexibility index (Phi) is 6.14. The summed E-state index contributed by atoms with van der Waals surface area (Å²) in [5.41, 5.74) is 1.22. The Hall–Kier alpha value is -1.46. The number of thioether (sulfide) groups is 1. The van der Waals surface area contributed by atoms with Crippen molar-refractivity contribution in [2.45, 2.75) is 18.4 Å². The minimum Gasteiger partial charge on any atom is -0.496 e. The number of hydrogen-bond donors (Lipinski definition) is 1. The maximum absolute atomic E-state index is 5.37. The van der Waals surface area contributed by atoms with Gasteiger partial charge in [0.15, 0.2) is 0 Å². The number of hydrogen-bond acceptors (Lipinski definition) is 4. The molecule has 2 rings (SSSR count). The molecule has 114 valence electrons. The summed E-state index contributed by atoms with van der Waals surface area (Å²) in [5, 5.41) is 7.65. The quantitative estimate of drug-likeness (QED) is 0.761. The normalized spacial score (nSPS) is 12.3. The van der Waals surface area contributed by atoms with Gasteiger partial charge in [-0.2, -0.15) is 5.10 Å². The molecule has 0 aliphatic carbocycles. The Labute approximate surface area is 130 Å². The van der Waals surface area contributed by atoms with Gasteiger partial charge in [-0.1, -0.05) is 19.1 Å². The van der Waals surface area contributed by atoms with Crippen molar-refractivity contribution in [3.8, 4) is 5.75 Å². The van der Waals surface area contributed by atoms with E-state index in [0.717, 1.165) is 24.6 Å². The predicted octanol–water partition coefficient (Wildman–Crippen LogP) is 2.95. The summed E-state index contributed by atoms with van der Waals surface area (Å²) in [7, 11) is 3.66. The number of nitrogens with one attached hydrogen (secondary N) is 1. The van der Waals surface area contributed by atoms with Gasteiger partial charge in [-0.3, -0.25) is 4.68 Å². The molecule has 2 aromatic rings. The summed E-state index contributed by atoms with van der Waals surface area (Å²) in [4.78, 5) is 1.21. The molecule has 0 amide bonds. The molecule has 1 aromatic heterocycles. The van der Waals surface area contributed by atoms with Crippen LogP contribution in [0, 0.1) is 5.92 Å². The van der Waals surface area contributed by atoms with Crippen molar-refractivity contribution in [1.82, 2.24) is 15.1 Å². The van der Waals surface area contributed by atoms with E-state index in [2.05, 4.69) is 29.5 Å². The molecule has 21 heavy (non-hydrogen) atoms. The second-order valence-corrected chi connectivity index (χ2v) is 6.28. The molecular formula is C16H23N3OS. The second kappa shape index (κ2) is 8.10. The van der Waals surface area contributed by atoms with Crippen LogP contribution in [0.25, 0.3) is 0 Å². The number of rotatable bonds is 8. The Balaban J connectivity index is 1.71. The maximum Gasteiger partial charge on any atom is 0.132 e. The van der Waals surface area contributed by atoms with Gasteiger partial charge in [0.1, 0.15) is 5.75 Å². The molecule has 0 radical (unpaired) electrons. The molecule has 0 aliphatic rings. The molecule has 5 heteroatoms. The van der Waals surface area contributed by atoms with E-state index < -0.39 is 0 Å². The van der Waals surface area contributed by atoms with E-state index in [-0.39, 0.29) is 0 Å². The summed E-state index contributed by atoms with van der Waals surface area (Å²) in [6.07, 6.45) is 3.95. The van der Waals surface area contributed by atoms with Crippen molar-refractivity contribution in [2.75, 3.05) is 19.4 Å². The summed E-state index contributed by atoms with van der Waals surface area (Å²) in [6, 6.07) is 8.17. The summed E-state index contributed by atoms with van der Waals surface area (Å²) in [6.45, 7) is 4.13. The highest BCUT2D eigenvalue weighted by Crippen LogP contribution is 2.29. The number of nitrogens with zero attached hydrogens (tertiary/aromatic N) is 2. The molecule has 1 heterocycles. The van der Waals surface area contributed by atoms with Gasteiger partial charge in [-0.15, -0.1) is 11.8 Å². The predicted molar refractivity (Wildman–Crippen MR) is 87.8 cm³/mol. The molecule has 0 aliphatic heterocycles. The third-order valence-electron chi connectivity index (χ3n) is 3.17. The zero-order chi connectivity index (χ0) is 15.1. The van der Waals surface area contributed by atoms with E-state index in [1.54, 1.807) is 7.11 Å². The first kappa shape index (κ1) is 15.9. The molecule has 0 saturated heterocycles. The number of ether oxygens (including phenoxy) is 1. The average Bonchev–Trinajstić information content (AvgIpc) is 2.91. The van der Waals surface area contributed by atoms with Crippen LogP contribution in [-0.2, 0) is 13.6 Å². The Bertz CT molecular complexity index is 556. The highest BCUT2D eigenvalue weighted by molar-refractivity contribution is 7.99. The smallest absolute Gasteiger partial charge is 0.132 e. The van der Waals surface area contributed by atoms with E-state index in [1.165, 1.54) is 10.5 Å². The summed E-state index contributed by atoms with van der Waals surface area (Å²) < 4.78 is 7.20. The highest BCUT2D eigenvalue weighted by atomic mass is 32.2. The molecular weight excluding hydrogens is 282 g/mol. The first-order valence-electron chi connectivity index (χ1n) is 7.13. The fraction of sp³-hybridized carbons (Fsp3) is 0.438. The van der Waals surface area contributed by atoms with Crippen LogP contribution < -0.4 is 10.1 Å². The molecule has 1 aromatic carbocycles. The zero-order valence-corrected chi connectivity index (χ0v) is 13.7. The lowest BCUT2D eigenvalue weighted by atomic mass is 10.2. The van der Waals surface area contributed by atoms with E-state index in [9.17, 15) is 0 Å². The van der Waals surface area contributed by atoms with E-state index in [1.807, 2.05) is 48.0 Å². The van der Waals surface area contributed by atoms with Gasteiger partial charge in [-0.25, -0.2) is 0 Å². The first-order valence-corrected chi connectivity index (χ1v) is 8.11. The van der Waals surface area contributed by atoms with Crippen LogP contribution in [0.3, 0.4) is 0 Å². The third kappa shape index (κ3) is 5.10. The first-order chi connectivity index (χ1) is 10.2. The van der Waals surface area contributed by atoms with Crippen LogP contribution in [0.1, 0.15) is 12.5 Å². The van der Waals surface area contributed by atoms with Gasteiger partial charge in [-0.05, 0) is 24.6 Å². The standard InChI is InChI=1S/C16H23N3OS/c1-13(8-17-9-14-10-18-19(2)11-14)12-21-16-7-5-4-6-15(16)20-3/h4-7,10-11,13,17H,8-9,12H2,1-3H3. The zero-order valence-electron chi connectivity index (χ0n) is 12.9. The molecule has 1 N–H and O–H groups in total. The minimum atomic E-state index is 0.594. The Morgan fingerprint density at radius 3 is 2.90 bits per heavy atom. The van der Waals surface area contributed by atoms with Crippen molar-refractivity contribution in [2.24, 2.45) is 13.0 Å². The van der Waals surface area contributed by atoms with Crippen LogP contribution in [0.5, 0.6) is 5.75 Å². The topological polar surface area (TPSA) is 39.1 Å². The van der Waals surface area contributed by atoms with Crippen molar-refractivity contribution in [1.29, 1.82) is 0 Å². The third-order valence-corrected chi connectivity index (χ3v) is 4.56. The number of benzene rings is 1. The number of methoxy groups -OCH3 is 1. The monoisotopic (exact) mass is 305 g/mol. The fourth-order valence-corrected chi connectivity index (χ4v) is 3.11. The maximum atomic E-state index is 5.37. The van der Waals surface area contributed by atoms with Crippen LogP contribution in [0.4, 0.5) is 0 Å². The Morgan fingerprint density at radius 2 is 2.19 bits per heavy atom. The van der Waals surface area contributed by atoms with Gasteiger partial charge in [0.25, 0.3) is 0 Å². The number of aromatic nitrogens is 2. The molecule has 0 saturated carbocycles. The molecule has 0 spiro atoms. The van der Waals surface area contributed by atoms with Crippen molar-refractivity contribution < 1.29 is 4.74 Å². The van der Waals surface area contributed by atoms with Crippen molar-refractivity contribution in [3.63, 3.8) is 0 Å². The average molecular weight is 305 g/mol. The van der Waals surface area contributed by atoms with Gasteiger partial charge in [0.05, 0.1) is 13.3 Å². The molecule has 4 nitrogen and oxygen atoms in total. The lowest BCUT2D eigenvalue weighted by Gasteiger charge is -2.13. The Morgan fingerprint density at radius 1 is 1.38 bits per heavy atom. The lowest BCUT2D eigenvalue weighted by Crippen LogP contribution is -2.21. The fourth-order valence-electron chi connectivity index (χ4n) is 2.06. The lowest BCUT2D eigenvalue weighted by molar-refractivity contribution is 0.404. The van der Waals surface area contributed by atoms with E-state index >= 15 is 0 Å². The molecule has 1 atom stereocenters. The van der Waals surface area contributed by atoms with Gasteiger partial charge in [0, 0.05) is 36.0 Å². The van der Waals surface area contributed by atoms with E-state index in [0.29, 0.717) is 5.92 Å². The van der Waals surface area contributed by atoms with Crippen LogP contribution >= 0.6 is 11.8 Å². The minimum absolute atomic E-state index is 0.594. The van der Waals surface area contributed by atoms with Crippen LogP contribution in [-0.4, -0.2) is 29.2 Å². The van der Waals surface area contributed by atoms with Gasteiger partial charge >= 0.3 is 0 Å². The summed E-state index contributed by atoms with van der Waals surface area (Å²) in [5.74, 6) is 2.62. The van der Waals surface area contributed by atoms with Crippen LogP contribution in [0.15, 0.2) is 41.6 Å². The molecule has 0 bridgehead atoms. The highest BCUT2D eigenvalue weighted by Gasteiger charge is 2.07. The van der Waals surface area contributed by atoms with Gasteiger partial charge < -0.3 is 10.1 Å². The molecule has 1 unspecified atom stereocenters. The van der Waals surface area contributed by atoms with Crippen LogP contribution in [0.2, 0.25) is 0 Å². The van der Waals surface area contributed by atoms with E-state index in [4.69, 9.17) is 4.74 Å². The van der Waals surface area contributed by atoms with Crippen molar-refractivity contribution >= 4 is 11.8 Å². The van der Waals surface area contributed by atoms with Gasteiger partial charge in [0.2, 0.25) is 0 Å². The summed E-state index contributed by atoms with van der Waals surface area (Å²) >= 11 is 1.85. The second-order valence-electron chi connectivity index (χ2n) is 5.22. The van der Waals surface area contributed by atoms with Crippen molar-refractivity contribution in [3.05, 3.63) is 42.2 Å². The number of aryl methyl sites for hydroxylation is 1. The SMILES string of the molecule is COc1ccccc1SCC(C)CNCc1cnn(C)c1.